The highest BCUT2D eigenvalue weighted by molar-refractivity contribution is 7.92. The zero-order valence-corrected chi connectivity index (χ0v) is 26.2. The number of anilines is 1. The van der Waals surface area contributed by atoms with Gasteiger partial charge in [0.05, 0.1) is 10.6 Å². The molecule has 5 rings (SSSR count). The lowest BCUT2D eigenvalue weighted by molar-refractivity contribution is -0.139. The summed E-state index contributed by atoms with van der Waals surface area (Å²) in [5.41, 5.74) is 1.94. The lowest BCUT2D eigenvalue weighted by atomic mass is 10.0. The third kappa shape index (κ3) is 7.99. The molecule has 234 valence electrons. The predicted octanol–water partition coefficient (Wildman–Crippen LogP) is 6.06. The topological polar surface area (TPSA) is 96.0 Å². The highest BCUT2D eigenvalue weighted by Gasteiger charge is 2.34. The minimum absolute atomic E-state index is 0.0363. The van der Waals surface area contributed by atoms with E-state index in [-0.39, 0.29) is 29.5 Å². The second-order valence-electron chi connectivity index (χ2n) is 10.6. The minimum Gasteiger partial charge on any atom is -0.457 e. The maximum absolute atomic E-state index is 14.4. The molecule has 9 heteroatoms. The lowest BCUT2D eigenvalue weighted by Crippen LogP contribution is -2.53. The van der Waals surface area contributed by atoms with Crippen molar-refractivity contribution in [3.05, 3.63) is 157 Å². The molecule has 0 fully saturated rings. The van der Waals surface area contributed by atoms with Crippen LogP contribution in [0.15, 0.2) is 150 Å². The number of nitrogens with one attached hydrogen (secondary N) is 1. The fourth-order valence-corrected chi connectivity index (χ4v) is 6.49. The zero-order chi connectivity index (χ0) is 32.4. The van der Waals surface area contributed by atoms with Crippen molar-refractivity contribution >= 4 is 27.5 Å². The van der Waals surface area contributed by atoms with Crippen molar-refractivity contribution in [1.29, 1.82) is 0 Å². The Bertz CT molecular complexity index is 1820. The molecule has 0 heterocycles. The summed E-state index contributed by atoms with van der Waals surface area (Å²) in [6, 6.07) is 41.6. The Labute approximate surface area is 269 Å². The first-order valence-electron chi connectivity index (χ1n) is 14.8. The maximum Gasteiger partial charge on any atom is 0.264 e. The Morgan fingerprint density at radius 1 is 0.674 bits per heavy atom. The molecule has 0 spiro atoms. The Hall–Kier alpha value is -5.41. The largest absolute Gasteiger partial charge is 0.457 e. The molecular weight excluding hydrogens is 598 g/mol. The Morgan fingerprint density at radius 3 is 1.74 bits per heavy atom. The van der Waals surface area contributed by atoms with Gasteiger partial charge < -0.3 is 15.0 Å². The number of benzene rings is 5. The number of carbonyl (C=O) groups excluding carboxylic acids is 2. The van der Waals surface area contributed by atoms with Crippen LogP contribution in [0.5, 0.6) is 11.5 Å². The zero-order valence-electron chi connectivity index (χ0n) is 25.4. The van der Waals surface area contributed by atoms with Crippen LogP contribution in [0.25, 0.3) is 0 Å². The van der Waals surface area contributed by atoms with Gasteiger partial charge in [-0.05, 0) is 59.7 Å². The van der Waals surface area contributed by atoms with Gasteiger partial charge in [-0.15, -0.1) is 0 Å². The number of sulfonamides is 1. The molecule has 8 nitrogen and oxygen atoms in total. The SMILES string of the molecule is CNC(=O)C(Cc1ccccc1)N(Cc1ccccc1)C(=O)CN(c1ccc(Oc2ccccc2)cc1)S(=O)(=O)c1ccccc1. The first-order valence-corrected chi connectivity index (χ1v) is 16.3. The second-order valence-corrected chi connectivity index (χ2v) is 12.4. The number of ether oxygens (including phenoxy) is 1. The van der Waals surface area contributed by atoms with Gasteiger partial charge in [0.1, 0.15) is 24.1 Å². The first kappa shape index (κ1) is 32.0. The molecule has 1 unspecified atom stereocenters. The van der Waals surface area contributed by atoms with E-state index in [2.05, 4.69) is 5.32 Å². The standard InChI is InChI=1S/C37H35N3O5S/c1-38-37(42)35(26-29-14-6-2-7-15-29)39(27-30-16-8-3-9-17-30)36(41)28-40(46(43,44)34-20-12-5-13-21-34)31-22-24-33(25-23-31)45-32-18-10-4-11-19-32/h2-25,35H,26-28H2,1H3,(H,38,42). The second kappa shape index (κ2) is 15.0. The van der Waals surface area contributed by atoms with E-state index in [1.807, 2.05) is 91.0 Å². The summed E-state index contributed by atoms with van der Waals surface area (Å²) in [5.74, 6) is 0.256. The summed E-state index contributed by atoms with van der Waals surface area (Å²) in [4.78, 5) is 29.2. The highest BCUT2D eigenvalue weighted by Crippen LogP contribution is 2.29. The molecular formula is C37H35N3O5S. The lowest BCUT2D eigenvalue weighted by Gasteiger charge is -2.33. The molecule has 0 aromatic heterocycles. The molecule has 0 saturated heterocycles. The van der Waals surface area contributed by atoms with Crippen molar-refractivity contribution < 1.29 is 22.7 Å². The van der Waals surface area contributed by atoms with Crippen molar-refractivity contribution in [1.82, 2.24) is 10.2 Å². The monoisotopic (exact) mass is 633 g/mol. The van der Waals surface area contributed by atoms with Crippen molar-refractivity contribution in [2.45, 2.75) is 23.9 Å². The van der Waals surface area contributed by atoms with Crippen LogP contribution in [0.1, 0.15) is 11.1 Å². The van der Waals surface area contributed by atoms with Crippen LogP contribution in [0.2, 0.25) is 0 Å². The van der Waals surface area contributed by atoms with Gasteiger partial charge in [-0.2, -0.15) is 0 Å². The molecule has 0 saturated carbocycles. The third-order valence-corrected chi connectivity index (χ3v) is 9.21. The van der Waals surface area contributed by atoms with Crippen LogP contribution < -0.4 is 14.4 Å². The highest BCUT2D eigenvalue weighted by atomic mass is 32.2. The van der Waals surface area contributed by atoms with Crippen molar-refractivity contribution in [3.8, 4) is 11.5 Å². The van der Waals surface area contributed by atoms with E-state index < -0.39 is 28.5 Å². The van der Waals surface area contributed by atoms with Gasteiger partial charge in [0.15, 0.2) is 0 Å². The quantitative estimate of drug-likeness (QED) is 0.170. The molecule has 0 aliphatic carbocycles. The van der Waals surface area contributed by atoms with Crippen LogP contribution in [-0.2, 0) is 32.6 Å². The summed E-state index contributed by atoms with van der Waals surface area (Å²) in [6.45, 7) is -0.432. The van der Waals surface area contributed by atoms with E-state index in [4.69, 9.17) is 4.74 Å². The van der Waals surface area contributed by atoms with E-state index in [1.54, 1.807) is 42.5 Å². The minimum atomic E-state index is -4.19. The van der Waals surface area contributed by atoms with Crippen molar-refractivity contribution in [2.24, 2.45) is 0 Å². The normalized spacial score (nSPS) is 11.7. The maximum atomic E-state index is 14.4. The summed E-state index contributed by atoms with van der Waals surface area (Å²) in [5, 5.41) is 2.70. The fraction of sp³-hybridized carbons (Fsp3) is 0.135. The first-order chi connectivity index (χ1) is 22.3. The number of carbonyl (C=O) groups is 2. The molecule has 5 aromatic carbocycles. The summed E-state index contributed by atoms with van der Waals surface area (Å²) in [6.07, 6.45) is 0.246. The van der Waals surface area contributed by atoms with E-state index in [0.29, 0.717) is 11.5 Å². The van der Waals surface area contributed by atoms with Crippen LogP contribution in [0.4, 0.5) is 5.69 Å². The predicted molar refractivity (Wildman–Crippen MR) is 179 cm³/mol. The molecule has 0 bridgehead atoms. The van der Waals surface area contributed by atoms with Gasteiger partial charge in [-0.25, -0.2) is 8.42 Å². The molecule has 0 radical (unpaired) electrons. The van der Waals surface area contributed by atoms with Crippen molar-refractivity contribution in [3.63, 3.8) is 0 Å². The number of nitrogens with zero attached hydrogens (tertiary/aromatic N) is 2. The van der Waals surface area contributed by atoms with Gasteiger partial charge in [0.2, 0.25) is 11.8 Å². The Morgan fingerprint density at radius 2 is 1.17 bits per heavy atom. The van der Waals surface area contributed by atoms with Crippen molar-refractivity contribution in [2.75, 3.05) is 17.9 Å². The van der Waals surface area contributed by atoms with Gasteiger partial charge in [-0.3, -0.25) is 13.9 Å². The molecule has 1 N–H and O–H groups in total. The van der Waals surface area contributed by atoms with E-state index >= 15 is 0 Å². The van der Waals surface area contributed by atoms with Gasteiger partial charge in [-0.1, -0.05) is 97.1 Å². The molecule has 46 heavy (non-hydrogen) atoms. The smallest absolute Gasteiger partial charge is 0.264 e. The number of amides is 2. The van der Waals surface area contributed by atoms with E-state index in [9.17, 15) is 18.0 Å². The molecule has 0 aliphatic heterocycles. The molecule has 1 atom stereocenters. The number of para-hydroxylation sites is 1. The van der Waals surface area contributed by atoms with Crippen LogP contribution in [0, 0.1) is 0 Å². The van der Waals surface area contributed by atoms with Crippen LogP contribution in [0.3, 0.4) is 0 Å². The van der Waals surface area contributed by atoms with E-state index in [0.717, 1.165) is 15.4 Å². The van der Waals surface area contributed by atoms with E-state index in [1.165, 1.54) is 24.1 Å². The number of rotatable bonds is 13. The average Bonchev–Trinajstić information content (AvgIpc) is 3.10. The summed E-state index contributed by atoms with van der Waals surface area (Å²) < 4.78 is 35.2. The Balaban J connectivity index is 1.52. The molecule has 0 aliphatic rings. The van der Waals surface area contributed by atoms with Gasteiger partial charge >= 0.3 is 0 Å². The fourth-order valence-electron chi connectivity index (χ4n) is 5.05. The van der Waals surface area contributed by atoms with Crippen LogP contribution >= 0.6 is 0 Å². The molecule has 2 amide bonds. The van der Waals surface area contributed by atoms with Gasteiger partial charge in [0.25, 0.3) is 10.0 Å². The summed E-state index contributed by atoms with van der Waals surface area (Å²) >= 11 is 0. The average molecular weight is 634 g/mol. The number of hydrogen-bond acceptors (Lipinski definition) is 5. The third-order valence-electron chi connectivity index (χ3n) is 7.43. The van der Waals surface area contributed by atoms with Gasteiger partial charge in [0, 0.05) is 20.0 Å². The Kier molecular flexibility index (Phi) is 10.5. The van der Waals surface area contributed by atoms with Crippen LogP contribution in [-0.4, -0.2) is 44.8 Å². The molecule has 5 aromatic rings. The number of likely N-dealkylation sites (N-methyl/N-ethyl adjacent to an activating group) is 1. The number of hydrogen-bond donors (Lipinski definition) is 1. The summed E-state index contributed by atoms with van der Waals surface area (Å²) in [7, 11) is -2.67.